The van der Waals surface area contributed by atoms with E-state index >= 15 is 0 Å². The Morgan fingerprint density at radius 2 is 1.46 bits per heavy atom. The van der Waals surface area contributed by atoms with Gasteiger partial charge in [0.25, 0.3) is 0 Å². The topological polar surface area (TPSA) is 29.2 Å². The number of aromatic nitrogens is 3. The van der Waals surface area contributed by atoms with Gasteiger partial charge in [-0.3, -0.25) is 4.98 Å². The van der Waals surface area contributed by atoms with Crippen molar-refractivity contribution in [1.29, 1.82) is 0 Å². The van der Waals surface area contributed by atoms with Crippen molar-refractivity contribution in [2.45, 2.75) is 0 Å². The Morgan fingerprint density at radius 3 is 2.33 bits per heavy atom. The van der Waals surface area contributed by atoms with Gasteiger partial charge in [0, 0.05) is 33.6 Å². The van der Waals surface area contributed by atoms with E-state index in [2.05, 4.69) is 142 Å². The summed E-state index contributed by atoms with van der Waals surface area (Å²) in [4.78, 5) is 9.12. The molecule has 0 aliphatic carbocycles. The third kappa shape index (κ3) is 4.46. The Bertz CT molecular complexity index is 2460. The zero-order valence-electron chi connectivity index (χ0n) is 25.3. The van der Waals surface area contributed by atoms with Crippen molar-refractivity contribution < 1.29 is 21.1 Å². The molecule has 6 aromatic carbocycles. The molecule has 0 radical (unpaired) electrons. The summed E-state index contributed by atoms with van der Waals surface area (Å²) in [6, 6.07) is 48.4. The molecule has 1 aliphatic heterocycles. The van der Waals surface area contributed by atoms with E-state index in [1.807, 2.05) is 37.1 Å². The van der Waals surface area contributed by atoms with Gasteiger partial charge in [0.1, 0.15) is 0 Å². The molecule has 0 unspecified atom stereocenters. The van der Waals surface area contributed by atoms with Crippen molar-refractivity contribution in [1.82, 2.24) is 19.0 Å². The van der Waals surface area contributed by atoms with Gasteiger partial charge in [-0.1, -0.05) is 77.8 Å². The van der Waals surface area contributed by atoms with Gasteiger partial charge in [-0.05, 0) is 70.4 Å². The second kappa shape index (κ2) is 11.0. The SMILES string of the molecule is CN1C=CN(c2[c-]c(-n3c4[c-]c(-c5nc6ccccc6n5C)ccc4c4cc(-c5cccc6ccccc56)ccc43)ccc2)[CH-]1.[Pt]. The van der Waals surface area contributed by atoms with Gasteiger partial charge >= 0.3 is 0 Å². The summed E-state index contributed by atoms with van der Waals surface area (Å²) in [6.45, 7) is 2.05. The Labute approximate surface area is 281 Å². The first-order valence-corrected chi connectivity index (χ1v) is 15.1. The van der Waals surface area contributed by atoms with E-state index in [1.54, 1.807) is 0 Å². The summed E-state index contributed by atoms with van der Waals surface area (Å²) < 4.78 is 4.44. The summed E-state index contributed by atoms with van der Waals surface area (Å²) in [7, 11) is 4.10. The zero-order valence-corrected chi connectivity index (χ0v) is 27.5. The molecule has 6 heteroatoms. The van der Waals surface area contributed by atoms with Gasteiger partial charge in [0.2, 0.25) is 0 Å². The largest absolute Gasteiger partial charge is 0.510 e. The van der Waals surface area contributed by atoms with Crippen LogP contribution in [-0.2, 0) is 28.1 Å². The van der Waals surface area contributed by atoms with E-state index in [1.165, 1.54) is 27.3 Å². The fourth-order valence-electron chi connectivity index (χ4n) is 6.67. The Morgan fingerprint density at radius 1 is 0.652 bits per heavy atom. The van der Waals surface area contributed by atoms with Crippen molar-refractivity contribution in [3.8, 4) is 28.2 Å². The zero-order chi connectivity index (χ0) is 30.1. The van der Waals surface area contributed by atoms with Crippen LogP contribution in [0.5, 0.6) is 0 Å². The summed E-state index contributed by atoms with van der Waals surface area (Å²) in [5.41, 5.74) is 9.48. The number of nitrogens with zero attached hydrogens (tertiary/aromatic N) is 5. The fourth-order valence-corrected chi connectivity index (χ4v) is 6.67. The van der Waals surface area contributed by atoms with E-state index in [-0.39, 0.29) is 21.1 Å². The first-order chi connectivity index (χ1) is 22.1. The number of rotatable bonds is 4. The minimum absolute atomic E-state index is 0. The first kappa shape index (κ1) is 28.4. The number of hydrogen-bond donors (Lipinski definition) is 0. The summed E-state index contributed by atoms with van der Waals surface area (Å²) in [5, 5.41) is 4.80. The van der Waals surface area contributed by atoms with E-state index in [0.29, 0.717) is 0 Å². The third-order valence-electron chi connectivity index (χ3n) is 8.86. The number of para-hydroxylation sites is 2. The van der Waals surface area contributed by atoms with Gasteiger partial charge in [-0.2, -0.15) is 12.7 Å². The molecule has 8 aromatic rings. The molecule has 3 heterocycles. The molecule has 0 spiro atoms. The van der Waals surface area contributed by atoms with E-state index < -0.39 is 0 Å². The molecular formula is C40H28N5Pt-3. The van der Waals surface area contributed by atoms with Crippen LogP contribution in [0.2, 0.25) is 0 Å². The van der Waals surface area contributed by atoms with Gasteiger partial charge in [0.05, 0.1) is 16.9 Å². The molecule has 0 saturated carbocycles. The van der Waals surface area contributed by atoms with Gasteiger partial charge in [0.15, 0.2) is 0 Å². The molecule has 0 amide bonds. The summed E-state index contributed by atoms with van der Waals surface area (Å²) in [5.74, 6) is 0.893. The number of anilines is 1. The monoisotopic (exact) mass is 773 g/mol. The number of fused-ring (bicyclic) bond motifs is 5. The molecule has 9 rings (SSSR count). The van der Waals surface area contributed by atoms with Crippen LogP contribution < -0.4 is 4.90 Å². The number of hydrogen-bond acceptors (Lipinski definition) is 3. The van der Waals surface area contributed by atoms with Gasteiger partial charge in [-0.15, -0.1) is 47.6 Å². The van der Waals surface area contributed by atoms with E-state index in [4.69, 9.17) is 4.98 Å². The fraction of sp³-hybridized carbons (Fsp3) is 0.0500. The van der Waals surface area contributed by atoms with Crippen molar-refractivity contribution >= 4 is 49.3 Å². The van der Waals surface area contributed by atoms with Gasteiger partial charge < -0.3 is 18.9 Å². The molecule has 2 aromatic heterocycles. The standard InChI is InChI=1S/C40H28N5.Pt/c1-42-21-22-44(26-42)30-11-8-12-31(25-30)45-37-20-18-28(33-14-7-10-27-9-3-4-13-32(27)33)23-35(37)34-19-17-29(24-39(34)45)40-41-36-15-5-6-16-38(36)43(40)2;/h3-23,26H,1-2H3;/q-3;. The number of benzene rings is 6. The normalized spacial score (nSPS) is 13.0. The molecule has 0 saturated heterocycles. The van der Waals surface area contributed by atoms with Crippen LogP contribution in [0.3, 0.4) is 0 Å². The predicted molar refractivity (Wildman–Crippen MR) is 185 cm³/mol. The maximum absolute atomic E-state index is 4.99. The molecule has 46 heavy (non-hydrogen) atoms. The molecule has 0 N–H and O–H groups in total. The van der Waals surface area contributed by atoms with Gasteiger partial charge in [-0.25, -0.2) is 0 Å². The molecule has 226 valence electrons. The molecule has 5 nitrogen and oxygen atoms in total. The van der Waals surface area contributed by atoms with Crippen LogP contribution in [0.4, 0.5) is 5.69 Å². The Hall–Kier alpha value is -5.12. The number of imidazole rings is 1. The molecular weight excluding hydrogens is 746 g/mol. The van der Waals surface area contributed by atoms with Crippen molar-refractivity contribution in [2.75, 3.05) is 11.9 Å². The molecule has 0 atom stereocenters. The van der Waals surface area contributed by atoms with E-state index in [0.717, 1.165) is 50.2 Å². The maximum atomic E-state index is 4.99. The number of aryl methyl sites for hydroxylation is 1. The minimum atomic E-state index is 0. The Balaban J connectivity index is 0.00000312. The maximum Gasteiger partial charge on any atom is 0.0770 e. The van der Waals surface area contributed by atoms with E-state index in [9.17, 15) is 0 Å². The smallest absolute Gasteiger partial charge is 0.0770 e. The van der Waals surface area contributed by atoms with Crippen LogP contribution >= 0.6 is 0 Å². The van der Waals surface area contributed by atoms with Crippen LogP contribution in [0, 0.1) is 18.8 Å². The molecule has 0 bridgehead atoms. The van der Waals surface area contributed by atoms with Crippen molar-refractivity contribution in [3.63, 3.8) is 0 Å². The Kier molecular flexibility index (Phi) is 6.81. The van der Waals surface area contributed by atoms with Crippen LogP contribution in [0.25, 0.3) is 71.8 Å². The first-order valence-electron chi connectivity index (χ1n) is 15.1. The molecule has 1 aliphatic rings. The average Bonchev–Trinajstić information content (AvgIpc) is 3.77. The summed E-state index contributed by atoms with van der Waals surface area (Å²) >= 11 is 0. The second-order valence-corrected chi connectivity index (χ2v) is 11.6. The average molecular weight is 774 g/mol. The molecule has 0 fully saturated rings. The van der Waals surface area contributed by atoms with Crippen LogP contribution in [-0.4, -0.2) is 26.1 Å². The third-order valence-corrected chi connectivity index (χ3v) is 8.86. The predicted octanol–water partition coefficient (Wildman–Crippen LogP) is 9.10. The van der Waals surface area contributed by atoms with Crippen LogP contribution in [0.1, 0.15) is 0 Å². The summed E-state index contributed by atoms with van der Waals surface area (Å²) in [6.07, 6.45) is 4.08. The van der Waals surface area contributed by atoms with Crippen molar-refractivity contribution in [2.24, 2.45) is 7.05 Å². The quantitative estimate of drug-likeness (QED) is 0.167. The van der Waals surface area contributed by atoms with Crippen LogP contribution in [0.15, 0.2) is 128 Å². The minimum Gasteiger partial charge on any atom is -0.510 e. The second-order valence-electron chi connectivity index (χ2n) is 11.6. The van der Waals surface area contributed by atoms with Crippen molar-refractivity contribution in [3.05, 3.63) is 146 Å².